The van der Waals surface area contributed by atoms with Crippen LogP contribution in [0, 0.1) is 0 Å². The van der Waals surface area contributed by atoms with Crippen LogP contribution in [0.3, 0.4) is 0 Å². The first-order valence-electron chi connectivity index (χ1n) is 19.1. The summed E-state index contributed by atoms with van der Waals surface area (Å²) in [5.41, 5.74) is 12.3. The van der Waals surface area contributed by atoms with Crippen LogP contribution in [-0.2, 0) is 0 Å². The molecule has 0 aliphatic carbocycles. The summed E-state index contributed by atoms with van der Waals surface area (Å²) >= 11 is 0. The van der Waals surface area contributed by atoms with Crippen molar-refractivity contribution >= 4 is 76.2 Å². The summed E-state index contributed by atoms with van der Waals surface area (Å²) in [6.07, 6.45) is 1.95. The molecule has 0 saturated heterocycles. The third-order valence-electron chi connectivity index (χ3n) is 11.5. The van der Waals surface area contributed by atoms with Gasteiger partial charge in [-0.15, -0.1) is 0 Å². The van der Waals surface area contributed by atoms with Gasteiger partial charge in [0.1, 0.15) is 0 Å². The molecule has 0 spiro atoms. The van der Waals surface area contributed by atoms with E-state index in [-0.39, 0.29) is 0 Å². The molecule has 260 valence electrons. The van der Waals surface area contributed by atoms with Gasteiger partial charge in [0.25, 0.3) is 0 Å². The van der Waals surface area contributed by atoms with Gasteiger partial charge in [0.15, 0.2) is 5.82 Å². The maximum absolute atomic E-state index is 5.45. The van der Waals surface area contributed by atoms with Gasteiger partial charge in [-0.05, 0) is 69.4 Å². The molecule has 4 nitrogen and oxygen atoms in total. The molecule has 56 heavy (non-hydrogen) atoms. The fraction of sp³-hybridized carbons (Fsp3) is 0. The fourth-order valence-corrected chi connectivity index (χ4v) is 8.99. The minimum Gasteiger partial charge on any atom is -0.309 e. The van der Waals surface area contributed by atoms with Crippen molar-refractivity contribution in [1.82, 2.24) is 19.1 Å². The summed E-state index contributed by atoms with van der Waals surface area (Å²) in [6.45, 7) is 0. The number of hydrogen-bond acceptors (Lipinski definition) is 2. The third-order valence-corrected chi connectivity index (χ3v) is 11.5. The molecule has 12 rings (SSSR count). The Morgan fingerprint density at radius 3 is 1.45 bits per heavy atom. The van der Waals surface area contributed by atoms with Crippen LogP contribution >= 0.6 is 0 Å². The highest BCUT2D eigenvalue weighted by atomic mass is 15.1. The highest BCUT2D eigenvalue weighted by Gasteiger charge is 2.20. The summed E-state index contributed by atoms with van der Waals surface area (Å²) in [6, 6.07) is 67.6. The predicted octanol–water partition coefficient (Wildman–Crippen LogP) is 13.5. The zero-order valence-electron chi connectivity index (χ0n) is 30.3. The highest BCUT2D eigenvalue weighted by Crippen LogP contribution is 2.41. The quantitative estimate of drug-likeness (QED) is 0.170. The molecule has 0 aliphatic rings. The number of aromatic nitrogens is 4. The van der Waals surface area contributed by atoms with Crippen molar-refractivity contribution in [2.75, 3.05) is 0 Å². The average Bonchev–Trinajstić information content (AvgIpc) is 3.78. The minimum atomic E-state index is 0.804. The maximum Gasteiger partial charge on any atom is 0.156 e. The van der Waals surface area contributed by atoms with Gasteiger partial charge < -0.3 is 4.57 Å². The molecule has 12 aromatic rings. The van der Waals surface area contributed by atoms with E-state index in [4.69, 9.17) is 9.97 Å². The summed E-state index contributed by atoms with van der Waals surface area (Å²) in [5, 5.41) is 9.36. The molecule has 3 heterocycles. The zero-order chi connectivity index (χ0) is 36.7. The van der Waals surface area contributed by atoms with Gasteiger partial charge in [-0.25, -0.2) is 4.98 Å². The summed E-state index contributed by atoms with van der Waals surface area (Å²) < 4.78 is 4.72. The van der Waals surface area contributed by atoms with Crippen LogP contribution in [0.2, 0.25) is 0 Å². The predicted molar refractivity (Wildman–Crippen MR) is 234 cm³/mol. The Balaban J connectivity index is 1.08. The van der Waals surface area contributed by atoms with Gasteiger partial charge in [-0.2, -0.15) is 0 Å². The van der Waals surface area contributed by atoms with Crippen LogP contribution in [0.25, 0.3) is 110 Å². The monoisotopic (exact) mass is 712 g/mol. The van der Waals surface area contributed by atoms with E-state index in [0.717, 1.165) is 44.3 Å². The van der Waals surface area contributed by atoms with Gasteiger partial charge >= 0.3 is 0 Å². The van der Waals surface area contributed by atoms with Crippen molar-refractivity contribution in [3.8, 4) is 33.8 Å². The number of rotatable bonds is 4. The Bertz CT molecular complexity index is 3480. The molecule has 0 fully saturated rings. The molecule has 0 bridgehead atoms. The largest absolute Gasteiger partial charge is 0.309 e. The van der Waals surface area contributed by atoms with E-state index >= 15 is 0 Å². The van der Waals surface area contributed by atoms with Gasteiger partial charge in [-0.1, -0.05) is 152 Å². The number of fused-ring (bicyclic) bond motifs is 12. The van der Waals surface area contributed by atoms with Crippen LogP contribution < -0.4 is 0 Å². The molecule has 0 unspecified atom stereocenters. The lowest BCUT2D eigenvalue weighted by Gasteiger charge is -2.12. The molecular formula is C52H32N4. The molecule has 9 aromatic carbocycles. The first kappa shape index (κ1) is 30.9. The van der Waals surface area contributed by atoms with Crippen molar-refractivity contribution < 1.29 is 0 Å². The van der Waals surface area contributed by atoms with E-state index in [0.29, 0.717) is 0 Å². The molecular weight excluding hydrogens is 681 g/mol. The smallest absolute Gasteiger partial charge is 0.156 e. The average molecular weight is 713 g/mol. The van der Waals surface area contributed by atoms with E-state index in [1.165, 1.54) is 65.6 Å². The molecule has 3 aromatic heterocycles. The van der Waals surface area contributed by atoms with Crippen LogP contribution in [0.1, 0.15) is 0 Å². The number of benzene rings is 9. The first-order chi connectivity index (χ1) is 27.8. The molecule has 0 radical (unpaired) electrons. The SMILES string of the molecule is c1ccc(-c2ccc(-c3cccc(-n4c5ccccc5c5cc6c(cc54)c4ccccc4n6-c4cnc5c6ccccc6c6ccccc6c5n4)c3)cc2)cc1. The van der Waals surface area contributed by atoms with E-state index in [9.17, 15) is 0 Å². The second-order valence-corrected chi connectivity index (χ2v) is 14.6. The molecule has 0 atom stereocenters. The lowest BCUT2D eigenvalue weighted by Crippen LogP contribution is -2.00. The van der Waals surface area contributed by atoms with Crippen molar-refractivity contribution in [2.45, 2.75) is 0 Å². The summed E-state index contributed by atoms with van der Waals surface area (Å²) in [7, 11) is 0. The first-order valence-corrected chi connectivity index (χ1v) is 19.1. The highest BCUT2D eigenvalue weighted by molar-refractivity contribution is 6.23. The second-order valence-electron chi connectivity index (χ2n) is 14.6. The number of para-hydroxylation sites is 2. The number of nitrogens with zero attached hydrogens (tertiary/aromatic N) is 4. The Kier molecular flexibility index (Phi) is 6.60. The molecule has 0 aliphatic heterocycles. The van der Waals surface area contributed by atoms with Crippen LogP contribution in [0.15, 0.2) is 194 Å². The fourth-order valence-electron chi connectivity index (χ4n) is 8.99. The molecule has 4 heteroatoms. The van der Waals surface area contributed by atoms with Crippen LogP contribution in [-0.4, -0.2) is 19.1 Å². The lowest BCUT2D eigenvalue weighted by atomic mass is 10.00. The maximum atomic E-state index is 5.45. The lowest BCUT2D eigenvalue weighted by molar-refractivity contribution is 1.08. The molecule has 0 saturated carbocycles. The van der Waals surface area contributed by atoms with Gasteiger partial charge in [-0.3, -0.25) is 9.55 Å². The summed E-state index contributed by atoms with van der Waals surface area (Å²) in [5.74, 6) is 0.804. The Morgan fingerprint density at radius 2 is 0.786 bits per heavy atom. The van der Waals surface area contributed by atoms with E-state index in [2.05, 4.69) is 197 Å². The Morgan fingerprint density at radius 1 is 0.304 bits per heavy atom. The van der Waals surface area contributed by atoms with Gasteiger partial charge in [0, 0.05) is 38.0 Å². The second kappa shape index (κ2) is 12.0. The minimum absolute atomic E-state index is 0.804. The van der Waals surface area contributed by atoms with Crippen molar-refractivity contribution in [3.05, 3.63) is 194 Å². The van der Waals surface area contributed by atoms with Crippen LogP contribution in [0.5, 0.6) is 0 Å². The zero-order valence-corrected chi connectivity index (χ0v) is 30.3. The van der Waals surface area contributed by atoms with Crippen molar-refractivity contribution in [3.63, 3.8) is 0 Å². The normalized spacial score (nSPS) is 11.9. The van der Waals surface area contributed by atoms with Gasteiger partial charge in [0.05, 0.1) is 39.3 Å². The standard InChI is InChI=1S/C52H32N4/c1-2-13-33(14-3-1)34-25-27-35(28-26-34)36-15-12-16-37(29-36)55-46-23-10-8-19-40(46)44-31-49-45(30-48(44)55)41-20-9-11-24-47(41)56(49)50-32-53-51-42-21-6-4-17-38(42)39-18-5-7-22-43(39)52(51)54-50/h1-32H. The topological polar surface area (TPSA) is 35.6 Å². The van der Waals surface area contributed by atoms with Crippen molar-refractivity contribution in [2.24, 2.45) is 0 Å². The Labute approximate surface area is 322 Å². The third kappa shape index (κ3) is 4.53. The molecule has 0 amide bonds. The van der Waals surface area contributed by atoms with Gasteiger partial charge in [0.2, 0.25) is 0 Å². The van der Waals surface area contributed by atoms with E-state index in [1.54, 1.807) is 0 Å². The number of hydrogen-bond donors (Lipinski definition) is 0. The van der Waals surface area contributed by atoms with Crippen LogP contribution in [0.4, 0.5) is 0 Å². The molecule has 0 N–H and O–H groups in total. The Hall–Kier alpha value is -7.56. The summed E-state index contributed by atoms with van der Waals surface area (Å²) in [4.78, 5) is 10.6. The van der Waals surface area contributed by atoms with E-state index in [1.807, 2.05) is 6.20 Å². The van der Waals surface area contributed by atoms with Crippen molar-refractivity contribution in [1.29, 1.82) is 0 Å². The van der Waals surface area contributed by atoms with E-state index < -0.39 is 0 Å².